The van der Waals surface area contributed by atoms with Gasteiger partial charge in [0.1, 0.15) is 29.3 Å². The first-order chi connectivity index (χ1) is 17.7. The maximum absolute atomic E-state index is 14.0. The van der Waals surface area contributed by atoms with Crippen LogP contribution in [-0.4, -0.2) is 25.7 Å². The first-order valence-electron chi connectivity index (χ1n) is 10.9. The highest BCUT2D eigenvalue weighted by atomic mass is 32.2. The van der Waals surface area contributed by atoms with Crippen molar-refractivity contribution in [1.82, 2.24) is 10.1 Å². The van der Waals surface area contributed by atoms with E-state index in [2.05, 4.69) is 10.1 Å². The Morgan fingerprint density at radius 2 is 1.73 bits per heavy atom. The van der Waals surface area contributed by atoms with Gasteiger partial charge in [0.25, 0.3) is 10.0 Å². The van der Waals surface area contributed by atoms with Crippen molar-refractivity contribution < 1.29 is 26.5 Å². The van der Waals surface area contributed by atoms with E-state index < -0.39 is 21.7 Å². The van der Waals surface area contributed by atoms with Crippen LogP contribution < -0.4 is 14.6 Å². The standard InChI is InChI=1S/C26H19F2N3O5S/c1-15-9-23(24(35-2)14-21(15)17-10-18(27)13-19(28)11-17)31(25-7-8-36-30-25)37(33,34)20-4-5-22-16(12-20)3-6-26(32)29-22/h3-14H,1-2H3,(H,29,32). The molecule has 37 heavy (non-hydrogen) atoms. The summed E-state index contributed by atoms with van der Waals surface area (Å²) in [5, 5.41) is 4.34. The molecule has 0 spiro atoms. The Morgan fingerprint density at radius 1 is 0.973 bits per heavy atom. The summed E-state index contributed by atoms with van der Waals surface area (Å²) in [6.07, 6.45) is 1.23. The van der Waals surface area contributed by atoms with E-state index >= 15 is 0 Å². The number of nitrogens with one attached hydrogen (secondary N) is 1. The van der Waals surface area contributed by atoms with E-state index in [1.165, 1.54) is 74.0 Å². The summed E-state index contributed by atoms with van der Waals surface area (Å²) in [4.78, 5) is 14.2. The second kappa shape index (κ2) is 9.17. The van der Waals surface area contributed by atoms with Gasteiger partial charge in [-0.15, -0.1) is 0 Å². The maximum atomic E-state index is 14.0. The van der Waals surface area contributed by atoms with E-state index in [9.17, 15) is 22.0 Å². The number of rotatable bonds is 6. The van der Waals surface area contributed by atoms with Gasteiger partial charge in [0.05, 0.1) is 12.0 Å². The molecule has 5 rings (SSSR count). The van der Waals surface area contributed by atoms with Crippen LogP contribution in [-0.2, 0) is 10.0 Å². The second-order valence-corrected chi connectivity index (χ2v) is 9.98. The molecule has 0 saturated carbocycles. The summed E-state index contributed by atoms with van der Waals surface area (Å²) < 4.78 is 67.2. The molecule has 0 aliphatic rings. The monoisotopic (exact) mass is 523 g/mol. The third kappa shape index (κ3) is 4.45. The summed E-state index contributed by atoms with van der Waals surface area (Å²) in [5.74, 6) is -1.42. The molecule has 0 saturated heterocycles. The molecule has 0 unspecified atom stereocenters. The summed E-state index contributed by atoms with van der Waals surface area (Å²) in [6.45, 7) is 1.68. The predicted octanol–water partition coefficient (Wildman–Crippen LogP) is 5.31. The maximum Gasteiger partial charge on any atom is 0.270 e. The normalized spacial score (nSPS) is 11.6. The third-order valence-electron chi connectivity index (χ3n) is 5.78. The second-order valence-electron chi connectivity index (χ2n) is 8.20. The number of ether oxygens (including phenoxy) is 1. The minimum atomic E-state index is -4.30. The molecule has 188 valence electrons. The molecule has 0 amide bonds. The highest BCUT2D eigenvalue weighted by Gasteiger charge is 2.32. The number of methoxy groups -OCH3 is 1. The Bertz CT molecular complexity index is 1780. The van der Waals surface area contributed by atoms with Crippen LogP contribution in [0.5, 0.6) is 5.75 Å². The van der Waals surface area contributed by atoms with Gasteiger partial charge in [-0.1, -0.05) is 5.16 Å². The van der Waals surface area contributed by atoms with Crippen LogP contribution in [0.3, 0.4) is 0 Å². The van der Waals surface area contributed by atoms with E-state index in [1.54, 1.807) is 6.92 Å². The van der Waals surface area contributed by atoms with E-state index in [-0.39, 0.29) is 33.3 Å². The van der Waals surface area contributed by atoms with Gasteiger partial charge in [0, 0.05) is 23.7 Å². The van der Waals surface area contributed by atoms with Gasteiger partial charge in [0.2, 0.25) is 5.56 Å². The van der Waals surface area contributed by atoms with Gasteiger partial charge in [-0.25, -0.2) is 21.5 Å². The summed E-state index contributed by atoms with van der Waals surface area (Å²) >= 11 is 0. The van der Waals surface area contributed by atoms with Crippen molar-refractivity contribution in [2.75, 3.05) is 11.4 Å². The lowest BCUT2D eigenvalue weighted by Crippen LogP contribution is -2.27. The number of nitrogens with zero attached hydrogens (tertiary/aromatic N) is 2. The number of sulfonamides is 1. The number of H-pyrrole nitrogens is 1. The fourth-order valence-corrected chi connectivity index (χ4v) is 5.57. The zero-order valence-electron chi connectivity index (χ0n) is 19.5. The van der Waals surface area contributed by atoms with E-state index in [1.807, 2.05) is 0 Å². The number of aryl methyl sites for hydroxylation is 1. The SMILES string of the molecule is COc1cc(-c2cc(F)cc(F)c2)c(C)cc1N(c1ccon1)S(=O)(=O)c1ccc2[nH]c(=O)ccc2c1. The van der Waals surface area contributed by atoms with Crippen LogP contribution >= 0.6 is 0 Å². The Morgan fingerprint density at radius 3 is 2.41 bits per heavy atom. The van der Waals surface area contributed by atoms with Crippen molar-refractivity contribution in [3.05, 3.63) is 101 Å². The van der Waals surface area contributed by atoms with Crippen molar-refractivity contribution in [2.45, 2.75) is 11.8 Å². The van der Waals surface area contributed by atoms with Crippen molar-refractivity contribution in [3.8, 4) is 16.9 Å². The molecular weight excluding hydrogens is 504 g/mol. The fourth-order valence-electron chi connectivity index (χ4n) is 4.10. The van der Waals surface area contributed by atoms with E-state index in [0.29, 0.717) is 22.0 Å². The van der Waals surface area contributed by atoms with Crippen LogP contribution in [0.4, 0.5) is 20.3 Å². The average Bonchev–Trinajstić information content (AvgIpc) is 3.37. The number of fused-ring (bicyclic) bond motifs is 1. The number of benzene rings is 3. The molecule has 0 aliphatic heterocycles. The van der Waals surface area contributed by atoms with E-state index in [4.69, 9.17) is 9.26 Å². The first kappa shape index (κ1) is 24.2. The number of hydrogen-bond acceptors (Lipinski definition) is 6. The molecule has 0 aliphatic carbocycles. The largest absolute Gasteiger partial charge is 0.495 e. The first-order valence-corrected chi connectivity index (χ1v) is 12.4. The van der Waals surface area contributed by atoms with Gasteiger partial charge in [-0.2, -0.15) is 0 Å². The number of halogens is 2. The van der Waals surface area contributed by atoms with Crippen LogP contribution in [0, 0.1) is 18.6 Å². The van der Waals surface area contributed by atoms with Crippen molar-refractivity contribution in [2.24, 2.45) is 0 Å². The lowest BCUT2D eigenvalue weighted by molar-refractivity contribution is 0.414. The minimum Gasteiger partial charge on any atom is -0.495 e. The van der Waals surface area contributed by atoms with Gasteiger partial charge in [-0.3, -0.25) is 4.79 Å². The third-order valence-corrected chi connectivity index (χ3v) is 7.50. The minimum absolute atomic E-state index is 0.0381. The predicted molar refractivity (Wildman–Crippen MR) is 133 cm³/mol. The lowest BCUT2D eigenvalue weighted by atomic mass is 9.99. The van der Waals surface area contributed by atoms with Gasteiger partial charge < -0.3 is 14.2 Å². The lowest BCUT2D eigenvalue weighted by Gasteiger charge is -2.25. The van der Waals surface area contributed by atoms with Crippen LogP contribution in [0.2, 0.25) is 0 Å². The highest BCUT2D eigenvalue weighted by Crippen LogP contribution is 2.42. The van der Waals surface area contributed by atoms with Crippen LogP contribution in [0.1, 0.15) is 5.56 Å². The van der Waals surface area contributed by atoms with Gasteiger partial charge in [0.15, 0.2) is 5.82 Å². The Labute approximate surface area is 209 Å². The van der Waals surface area contributed by atoms with Crippen molar-refractivity contribution in [1.29, 1.82) is 0 Å². The molecule has 0 fully saturated rings. The number of aromatic amines is 1. The molecule has 8 nitrogen and oxygen atoms in total. The van der Waals surface area contributed by atoms with Crippen molar-refractivity contribution in [3.63, 3.8) is 0 Å². The molecule has 11 heteroatoms. The average molecular weight is 524 g/mol. The molecule has 0 radical (unpaired) electrons. The zero-order valence-corrected chi connectivity index (χ0v) is 20.3. The Balaban J connectivity index is 1.71. The number of hydrogen-bond donors (Lipinski definition) is 1. The fraction of sp³-hybridized carbons (Fsp3) is 0.0769. The van der Waals surface area contributed by atoms with Crippen LogP contribution in [0.25, 0.3) is 22.0 Å². The smallest absolute Gasteiger partial charge is 0.270 e. The Kier molecular flexibility index (Phi) is 6.00. The molecule has 3 aromatic carbocycles. The van der Waals surface area contributed by atoms with Gasteiger partial charge >= 0.3 is 0 Å². The molecule has 5 aromatic rings. The summed E-state index contributed by atoms with van der Waals surface area (Å²) in [6, 6.07) is 14.6. The molecule has 0 atom stereocenters. The zero-order chi connectivity index (χ0) is 26.3. The number of anilines is 2. The number of aromatic nitrogens is 2. The molecule has 1 N–H and O–H groups in total. The molecular formula is C26H19F2N3O5S. The summed E-state index contributed by atoms with van der Waals surface area (Å²) in [5.41, 5.74) is 1.51. The molecule has 0 bridgehead atoms. The molecule has 2 heterocycles. The van der Waals surface area contributed by atoms with E-state index in [0.717, 1.165) is 10.4 Å². The van der Waals surface area contributed by atoms with Crippen molar-refractivity contribution >= 4 is 32.4 Å². The topological polar surface area (TPSA) is 106 Å². The quantitative estimate of drug-likeness (QED) is 0.324. The molecule has 2 aromatic heterocycles. The van der Waals surface area contributed by atoms with Crippen LogP contribution in [0.15, 0.2) is 87.2 Å². The number of pyridine rings is 1. The highest BCUT2D eigenvalue weighted by molar-refractivity contribution is 7.93. The van der Waals surface area contributed by atoms with Gasteiger partial charge in [-0.05, 0) is 77.5 Å². The summed E-state index contributed by atoms with van der Waals surface area (Å²) in [7, 11) is -2.95. The Hall–Kier alpha value is -4.51.